The van der Waals surface area contributed by atoms with Gasteiger partial charge in [0, 0.05) is 10.0 Å². The summed E-state index contributed by atoms with van der Waals surface area (Å²) < 4.78 is 6.65. The Balaban J connectivity index is 2.18. The molecule has 5 heteroatoms. The zero-order valence-corrected chi connectivity index (χ0v) is 10.9. The number of nitrogens with zero attached hydrogens (tertiary/aromatic N) is 2. The van der Waals surface area contributed by atoms with E-state index in [4.69, 9.17) is 16.0 Å². The molecule has 0 radical (unpaired) electrons. The Morgan fingerprint density at radius 2 is 1.88 bits per heavy atom. The van der Waals surface area contributed by atoms with Crippen LogP contribution in [0.1, 0.15) is 0 Å². The van der Waals surface area contributed by atoms with Gasteiger partial charge in [-0.1, -0.05) is 39.7 Å². The van der Waals surface area contributed by atoms with Crippen LogP contribution in [-0.4, -0.2) is 9.97 Å². The van der Waals surface area contributed by atoms with Gasteiger partial charge in [-0.2, -0.15) is 0 Å². The topological polar surface area (TPSA) is 38.9 Å². The van der Waals surface area contributed by atoms with Gasteiger partial charge in [0.15, 0.2) is 0 Å². The van der Waals surface area contributed by atoms with Gasteiger partial charge in [-0.15, -0.1) is 0 Å². The smallest absolute Gasteiger partial charge is 0.231 e. The second kappa shape index (κ2) is 4.13. The summed E-state index contributed by atoms with van der Waals surface area (Å²) in [6.45, 7) is 0. The van der Waals surface area contributed by atoms with Crippen molar-refractivity contribution in [3.05, 3.63) is 46.3 Å². The number of benzene rings is 1. The van der Waals surface area contributed by atoms with Crippen LogP contribution in [0, 0.1) is 0 Å². The minimum atomic E-state index is 0.405. The van der Waals surface area contributed by atoms with Crippen molar-refractivity contribution in [1.82, 2.24) is 9.97 Å². The lowest BCUT2D eigenvalue weighted by atomic mass is 10.2. The maximum absolute atomic E-state index is 5.96. The first kappa shape index (κ1) is 10.7. The second-order valence-electron chi connectivity index (χ2n) is 3.50. The van der Waals surface area contributed by atoms with Gasteiger partial charge < -0.3 is 4.42 Å². The van der Waals surface area contributed by atoms with E-state index in [-0.39, 0.29) is 0 Å². The molecular formula is C12H6BrClN2O. The van der Waals surface area contributed by atoms with Gasteiger partial charge >= 0.3 is 0 Å². The van der Waals surface area contributed by atoms with Crippen LogP contribution in [0.25, 0.3) is 22.4 Å². The van der Waals surface area contributed by atoms with Gasteiger partial charge in [-0.25, -0.2) is 9.97 Å². The van der Waals surface area contributed by atoms with Crippen LogP contribution in [0.3, 0.4) is 0 Å². The Kier molecular flexibility index (Phi) is 2.61. The maximum Gasteiger partial charge on any atom is 0.231 e. The van der Waals surface area contributed by atoms with Crippen molar-refractivity contribution in [2.45, 2.75) is 0 Å². The number of rotatable bonds is 1. The van der Waals surface area contributed by atoms with E-state index in [0.717, 1.165) is 21.2 Å². The van der Waals surface area contributed by atoms with Crippen LogP contribution in [-0.2, 0) is 0 Å². The Hall–Kier alpha value is -1.39. The first-order valence-corrected chi connectivity index (χ1v) is 6.07. The molecule has 3 nitrogen and oxygen atoms in total. The average molecular weight is 310 g/mol. The summed E-state index contributed by atoms with van der Waals surface area (Å²) in [4.78, 5) is 7.95. The largest absolute Gasteiger partial charge is 0.438 e. The molecule has 0 aliphatic heterocycles. The molecule has 0 unspecified atom stereocenters. The van der Waals surface area contributed by atoms with Crippen molar-refractivity contribution < 1.29 is 4.42 Å². The molecule has 84 valence electrons. The molecule has 0 aliphatic carbocycles. The number of furan rings is 1. The highest BCUT2D eigenvalue weighted by atomic mass is 79.9. The molecule has 0 N–H and O–H groups in total. The minimum absolute atomic E-state index is 0.405. The Labute approximate surface area is 111 Å². The number of hydrogen-bond acceptors (Lipinski definition) is 3. The standard InChI is InChI=1S/C12H6BrClN2O/c13-8-3-1-7(2-4-8)10-5-9-11(14)15-6-16-12(9)17-10/h1-6H. The highest BCUT2D eigenvalue weighted by Crippen LogP contribution is 2.30. The molecule has 2 aromatic heterocycles. The van der Waals surface area contributed by atoms with Crippen LogP contribution in [0.5, 0.6) is 0 Å². The molecule has 17 heavy (non-hydrogen) atoms. The van der Waals surface area contributed by atoms with Crippen LogP contribution in [0.4, 0.5) is 0 Å². The van der Waals surface area contributed by atoms with E-state index in [2.05, 4.69) is 25.9 Å². The van der Waals surface area contributed by atoms with Crippen molar-refractivity contribution in [2.75, 3.05) is 0 Å². The third-order valence-electron chi connectivity index (χ3n) is 2.41. The molecule has 0 spiro atoms. The van der Waals surface area contributed by atoms with Crippen LogP contribution in [0.2, 0.25) is 5.15 Å². The Bertz CT molecular complexity index is 679. The predicted octanol–water partition coefficient (Wildman–Crippen LogP) is 4.31. The molecule has 0 aliphatic rings. The molecule has 0 saturated heterocycles. The molecular weight excluding hydrogens is 304 g/mol. The van der Waals surface area contributed by atoms with Gasteiger partial charge in [0.25, 0.3) is 0 Å². The summed E-state index contributed by atoms with van der Waals surface area (Å²) in [6.07, 6.45) is 1.39. The van der Waals surface area contributed by atoms with E-state index in [1.807, 2.05) is 30.3 Å². The van der Waals surface area contributed by atoms with Crippen LogP contribution >= 0.6 is 27.5 Å². The summed E-state index contributed by atoms with van der Waals surface area (Å²) in [5.74, 6) is 0.731. The second-order valence-corrected chi connectivity index (χ2v) is 4.77. The number of halogens is 2. The molecule has 3 rings (SSSR count). The molecule has 0 bridgehead atoms. The summed E-state index contributed by atoms with van der Waals surface area (Å²) >= 11 is 9.35. The van der Waals surface area contributed by atoms with Crippen molar-refractivity contribution in [2.24, 2.45) is 0 Å². The normalized spacial score (nSPS) is 10.9. The summed E-state index contributed by atoms with van der Waals surface area (Å²) in [7, 11) is 0. The zero-order chi connectivity index (χ0) is 11.8. The quantitative estimate of drug-likeness (QED) is 0.629. The van der Waals surface area contributed by atoms with Gasteiger partial charge in [0.05, 0.1) is 5.39 Å². The highest BCUT2D eigenvalue weighted by Gasteiger charge is 2.10. The first-order valence-electron chi connectivity index (χ1n) is 4.90. The fourth-order valence-electron chi connectivity index (χ4n) is 1.58. The summed E-state index contributed by atoms with van der Waals surface area (Å²) in [5.41, 5.74) is 1.48. The van der Waals surface area contributed by atoms with Crippen LogP contribution < -0.4 is 0 Å². The number of hydrogen-bond donors (Lipinski definition) is 0. The summed E-state index contributed by atoms with van der Waals surface area (Å²) in [5, 5.41) is 1.13. The SMILES string of the molecule is Clc1ncnc2oc(-c3ccc(Br)cc3)cc12. The predicted molar refractivity (Wildman–Crippen MR) is 70.0 cm³/mol. The third kappa shape index (κ3) is 1.94. The summed E-state index contributed by atoms with van der Waals surface area (Å²) in [6, 6.07) is 9.68. The maximum atomic E-state index is 5.96. The minimum Gasteiger partial charge on any atom is -0.438 e. The van der Waals surface area contributed by atoms with E-state index in [1.165, 1.54) is 6.33 Å². The Morgan fingerprint density at radius 1 is 1.12 bits per heavy atom. The fourth-order valence-corrected chi connectivity index (χ4v) is 2.03. The molecule has 2 heterocycles. The van der Waals surface area contributed by atoms with E-state index in [1.54, 1.807) is 0 Å². The van der Waals surface area contributed by atoms with Crippen molar-refractivity contribution in [3.63, 3.8) is 0 Å². The van der Waals surface area contributed by atoms with Crippen LogP contribution in [0.15, 0.2) is 45.5 Å². The Morgan fingerprint density at radius 3 is 2.59 bits per heavy atom. The number of fused-ring (bicyclic) bond motifs is 1. The van der Waals surface area contributed by atoms with Gasteiger partial charge in [-0.3, -0.25) is 0 Å². The number of aromatic nitrogens is 2. The molecule has 0 fully saturated rings. The molecule has 1 aromatic carbocycles. The zero-order valence-electron chi connectivity index (χ0n) is 8.52. The average Bonchev–Trinajstić information content (AvgIpc) is 2.75. The van der Waals surface area contributed by atoms with E-state index >= 15 is 0 Å². The van der Waals surface area contributed by atoms with Gasteiger partial charge in [0.2, 0.25) is 5.71 Å². The monoisotopic (exact) mass is 308 g/mol. The van der Waals surface area contributed by atoms with E-state index in [9.17, 15) is 0 Å². The van der Waals surface area contributed by atoms with Gasteiger partial charge in [0.1, 0.15) is 17.2 Å². The molecule has 3 aromatic rings. The third-order valence-corrected chi connectivity index (χ3v) is 3.24. The fraction of sp³-hybridized carbons (Fsp3) is 0. The van der Waals surface area contributed by atoms with Gasteiger partial charge in [-0.05, 0) is 18.2 Å². The molecule has 0 amide bonds. The lowest BCUT2D eigenvalue weighted by Gasteiger charge is -1.95. The van der Waals surface area contributed by atoms with Crippen molar-refractivity contribution >= 4 is 38.6 Å². The highest BCUT2D eigenvalue weighted by molar-refractivity contribution is 9.10. The van der Waals surface area contributed by atoms with E-state index in [0.29, 0.717) is 10.9 Å². The molecule has 0 saturated carbocycles. The van der Waals surface area contributed by atoms with E-state index < -0.39 is 0 Å². The lowest BCUT2D eigenvalue weighted by Crippen LogP contribution is -1.77. The lowest BCUT2D eigenvalue weighted by molar-refractivity contribution is 0.617. The van der Waals surface area contributed by atoms with Crippen molar-refractivity contribution in [1.29, 1.82) is 0 Å². The molecule has 0 atom stereocenters. The first-order chi connectivity index (χ1) is 8.24. The van der Waals surface area contributed by atoms with Crippen molar-refractivity contribution in [3.8, 4) is 11.3 Å².